The van der Waals surface area contributed by atoms with Gasteiger partial charge in [0.25, 0.3) is 0 Å². The van der Waals surface area contributed by atoms with Crippen molar-refractivity contribution in [2.45, 2.75) is 32.2 Å². The van der Waals surface area contributed by atoms with E-state index in [0.717, 1.165) is 11.3 Å². The van der Waals surface area contributed by atoms with E-state index in [4.69, 9.17) is 15.2 Å². The number of fused-ring (bicyclic) bond motifs is 1. The smallest absolute Gasteiger partial charge is 0.230 e. The quantitative estimate of drug-likeness (QED) is 0.868. The zero-order valence-electron chi connectivity index (χ0n) is 12.2. The summed E-state index contributed by atoms with van der Waals surface area (Å²) in [6.07, 6.45) is 0. The van der Waals surface area contributed by atoms with Crippen LogP contribution in [-0.2, 0) is 10.2 Å². The lowest BCUT2D eigenvalue weighted by atomic mass is 9.83. The molecule has 0 unspecified atom stereocenters. The van der Waals surface area contributed by atoms with Crippen molar-refractivity contribution in [1.29, 1.82) is 0 Å². The van der Waals surface area contributed by atoms with Gasteiger partial charge in [-0.25, -0.2) is 0 Å². The van der Waals surface area contributed by atoms with Crippen molar-refractivity contribution in [2.24, 2.45) is 5.73 Å². The van der Waals surface area contributed by atoms with E-state index < -0.39 is 5.41 Å². The number of amides is 1. The number of nitrogens with one attached hydrogen (secondary N) is 1. The van der Waals surface area contributed by atoms with Gasteiger partial charge in [-0.3, -0.25) is 4.79 Å². The van der Waals surface area contributed by atoms with Crippen molar-refractivity contribution in [3.05, 3.63) is 23.8 Å². The molecule has 1 aromatic carbocycles. The van der Waals surface area contributed by atoms with Gasteiger partial charge in [-0.2, -0.15) is 0 Å². The van der Waals surface area contributed by atoms with Crippen LogP contribution < -0.4 is 20.5 Å². The molecule has 1 aromatic rings. The minimum atomic E-state index is -0.654. The van der Waals surface area contributed by atoms with Crippen molar-refractivity contribution in [3.63, 3.8) is 0 Å². The summed E-state index contributed by atoms with van der Waals surface area (Å²) in [6.45, 7) is 7.17. The summed E-state index contributed by atoms with van der Waals surface area (Å²) in [5, 5.41) is 2.91. The molecule has 0 spiro atoms. The molecule has 0 fully saturated rings. The first-order valence-electron chi connectivity index (χ1n) is 6.86. The Morgan fingerprint density at radius 3 is 2.65 bits per heavy atom. The molecule has 1 aliphatic rings. The summed E-state index contributed by atoms with van der Waals surface area (Å²) in [5.74, 6) is 1.38. The van der Waals surface area contributed by atoms with E-state index in [-0.39, 0.29) is 11.9 Å². The molecule has 0 aromatic heterocycles. The highest BCUT2D eigenvalue weighted by molar-refractivity contribution is 5.87. The normalized spacial score (nSPS) is 15.6. The predicted octanol–water partition coefficient (Wildman–Crippen LogP) is 1.20. The molecule has 0 radical (unpaired) electrons. The first-order valence-corrected chi connectivity index (χ1v) is 6.86. The highest BCUT2D eigenvalue weighted by Crippen LogP contribution is 2.35. The zero-order chi connectivity index (χ0) is 14.8. The Balaban J connectivity index is 2.22. The molecule has 20 heavy (non-hydrogen) atoms. The third-order valence-corrected chi connectivity index (χ3v) is 3.56. The number of benzene rings is 1. The number of carbonyl (C=O) groups excluding carboxylic acids is 1. The summed E-state index contributed by atoms with van der Waals surface area (Å²) in [5.41, 5.74) is 5.78. The van der Waals surface area contributed by atoms with E-state index in [2.05, 4.69) is 5.32 Å². The molecule has 1 atom stereocenters. The van der Waals surface area contributed by atoms with Crippen molar-refractivity contribution >= 4 is 5.91 Å². The van der Waals surface area contributed by atoms with Crippen LogP contribution in [0.5, 0.6) is 11.5 Å². The number of nitrogens with two attached hydrogens (primary N) is 1. The highest BCUT2D eigenvalue weighted by Gasteiger charge is 2.31. The SMILES string of the molecule is C[C@@H](CN)NC(=O)C(C)(C)c1ccc2c(c1)OCCO2. The number of ether oxygens (including phenoxy) is 2. The Bertz CT molecular complexity index is 500. The molecule has 2 rings (SSSR count). The van der Waals surface area contributed by atoms with Crippen LogP contribution in [0.3, 0.4) is 0 Å². The first kappa shape index (κ1) is 14.7. The Labute approximate surface area is 119 Å². The third-order valence-electron chi connectivity index (χ3n) is 3.56. The molecule has 3 N–H and O–H groups in total. The van der Waals surface area contributed by atoms with Gasteiger partial charge >= 0.3 is 0 Å². The number of hydrogen-bond donors (Lipinski definition) is 2. The van der Waals surface area contributed by atoms with Gasteiger partial charge in [-0.05, 0) is 38.5 Å². The van der Waals surface area contributed by atoms with Crippen LogP contribution in [0, 0.1) is 0 Å². The molecule has 110 valence electrons. The molecule has 5 nitrogen and oxygen atoms in total. The van der Waals surface area contributed by atoms with Gasteiger partial charge in [0.1, 0.15) is 13.2 Å². The molecular formula is C15H22N2O3. The van der Waals surface area contributed by atoms with Crippen LogP contribution in [0.4, 0.5) is 0 Å². The van der Waals surface area contributed by atoms with Crippen LogP contribution in [0.15, 0.2) is 18.2 Å². The van der Waals surface area contributed by atoms with Crippen LogP contribution in [-0.4, -0.2) is 31.7 Å². The highest BCUT2D eigenvalue weighted by atomic mass is 16.6. The van der Waals surface area contributed by atoms with Gasteiger partial charge in [0, 0.05) is 12.6 Å². The minimum absolute atomic E-state index is 0.0426. The summed E-state index contributed by atoms with van der Waals surface area (Å²) in [6, 6.07) is 5.59. The second-order valence-electron chi connectivity index (χ2n) is 5.59. The summed E-state index contributed by atoms with van der Waals surface area (Å²) in [4.78, 5) is 12.4. The maximum atomic E-state index is 12.4. The molecule has 1 heterocycles. The lowest BCUT2D eigenvalue weighted by molar-refractivity contribution is -0.126. The average Bonchev–Trinajstić information content (AvgIpc) is 2.46. The third kappa shape index (κ3) is 2.88. The largest absolute Gasteiger partial charge is 0.486 e. The lowest BCUT2D eigenvalue weighted by Gasteiger charge is -2.28. The molecule has 1 aliphatic heterocycles. The lowest BCUT2D eigenvalue weighted by Crippen LogP contribution is -2.46. The summed E-state index contributed by atoms with van der Waals surface area (Å²) >= 11 is 0. The van der Waals surface area contributed by atoms with Crippen LogP contribution in [0.25, 0.3) is 0 Å². The van der Waals surface area contributed by atoms with Crippen molar-refractivity contribution in [1.82, 2.24) is 5.32 Å². The first-order chi connectivity index (χ1) is 9.45. The minimum Gasteiger partial charge on any atom is -0.486 e. The molecule has 1 amide bonds. The second-order valence-corrected chi connectivity index (χ2v) is 5.59. The van der Waals surface area contributed by atoms with E-state index in [1.54, 1.807) is 0 Å². The fraction of sp³-hybridized carbons (Fsp3) is 0.533. The molecule has 0 saturated heterocycles. The summed E-state index contributed by atoms with van der Waals surface area (Å²) < 4.78 is 11.1. The van der Waals surface area contributed by atoms with Gasteiger partial charge in [-0.1, -0.05) is 6.07 Å². The van der Waals surface area contributed by atoms with Crippen LogP contribution in [0.1, 0.15) is 26.3 Å². The molecule has 0 aliphatic carbocycles. The maximum absolute atomic E-state index is 12.4. The summed E-state index contributed by atoms with van der Waals surface area (Å²) in [7, 11) is 0. The van der Waals surface area contributed by atoms with E-state index in [9.17, 15) is 4.79 Å². The fourth-order valence-corrected chi connectivity index (χ4v) is 2.03. The standard InChI is InChI=1S/C15H22N2O3/c1-10(9-16)17-14(18)15(2,3)11-4-5-12-13(8-11)20-7-6-19-12/h4-5,8,10H,6-7,9,16H2,1-3H3,(H,17,18)/t10-/m0/s1. The van der Waals surface area contributed by atoms with Crippen molar-refractivity contribution in [3.8, 4) is 11.5 Å². The zero-order valence-corrected chi connectivity index (χ0v) is 12.2. The fourth-order valence-electron chi connectivity index (χ4n) is 2.03. The van der Waals surface area contributed by atoms with Crippen LogP contribution >= 0.6 is 0 Å². The molecule has 0 saturated carbocycles. The number of carbonyl (C=O) groups is 1. The predicted molar refractivity (Wildman–Crippen MR) is 77.1 cm³/mol. The number of rotatable bonds is 4. The van der Waals surface area contributed by atoms with E-state index >= 15 is 0 Å². The van der Waals surface area contributed by atoms with Crippen molar-refractivity contribution in [2.75, 3.05) is 19.8 Å². The van der Waals surface area contributed by atoms with Gasteiger partial charge in [0.2, 0.25) is 5.91 Å². The van der Waals surface area contributed by atoms with E-state index in [1.807, 2.05) is 39.0 Å². The second kappa shape index (κ2) is 5.71. The Hall–Kier alpha value is -1.75. The number of hydrogen-bond acceptors (Lipinski definition) is 4. The Kier molecular flexibility index (Phi) is 4.18. The molecular weight excluding hydrogens is 256 g/mol. The van der Waals surface area contributed by atoms with Gasteiger partial charge < -0.3 is 20.5 Å². The van der Waals surface area contributed by atoms with Gasteiger partial charge in [0.15, 0.2) is 11.5 Å². The topological polar surface area (TPSA) is 73.6 Å². The molecule has 5 heteroatoms. The Morgan fingerprint density at radius 1 is 1.35 bits per heavy atom. The maximum Gasteiger partial charge on any atom is 0.230 e. The van der Waals surface area contributed by atoms with Crippen molar-refractivity contribution < 1.29 is 14.3 Å². The van der Waals surface area contributed by atoms with E-state index in [0.29, 0.717) is 25.5 Å². The van der Waals surface area contributed by atoms with E-state index in [1.165, 1.54) is 0 Å². The molecule has 0 bridgehead atoms. The Morgan fingerprint density at radius 2 is 2.00 bits per heavy atom. The monoisotopic (exact) mass is 278 g/mol. The van der Waals surface area contributed by atoms with Gasteiger partial charge in [0.05, 0.1) is 5.41 Å². The van der Waals surface area contributed by atoms with Gasteiger partial charge in [-0.15, -0.1) is 0 Å². The average molecular weight is 278 g/mol. The van der Waals surface area contributed by atoms with Crippen LogP contribution in [0.2, 0.25) is 0 Å².